The average Bonchev–Trinajstić information content (AvgIpc) is 3.01. The standard InChI is InChI=1S/C18H26O2/c1-18(15-7-5-3-4-6-8-16(15)18)17(19)13-9-11-14(20-2)12-10-13/h9-12,15-17,19H,3-8H2,1-2H3/t15-,16+,17?,18?. The van der Waals surface area contributed by atoms with E-state index in [4.69, 9.17) is 4.74 Å². The lowest BCUT2D eigenvalue weighted by Crippen LogP contribution is -2.14. The molecule has 2 unspecified atom stereocenters. The molecule has 4 atom stereocenters. The van der Waals surface area contributed by atoms with Crippen molar-refractivity contribution in [2.24, 2.45) is 17.3 Å². The first-order chi connectivity index (χ1) is 9.67. The number of aliphatic hydroxyl groups excluding tert-OH is 1. The fraction of sp³-hybridized carbons (Fsp3) is 0.667. The minimum Gasteiger partial charge on any atom is -0.497 e. The average molecular weight is 274 g/mol. The zero-order chi connectivity index (χ0) is 14.2. The first-order valence-corrected chi connectivity index (χ1v) is 8.00. The van der Waals surface area contributed by atoms with Crippen LogP contribution in [0.2, 0.25) is 0 Å². The minimum atomic E-state index is -0.332. The number of rotatable bonds is 3. The molecule has 2 aliphatic carbocycles. The molecule has 1 aromatic carbocycles. The SMILES string of the molecule is COc1ccc(C(O)C2(C)[C@@H]3CCCCCC[C@@H]32)cc1. The summed E-state index contributed by atoms with van der Waals surface area (Å²) in [4.78, 5) is 0. The van der Waals surface area contributed by atoms with Crippen LogP contribution in [-0.2, 0) is 0 Å². The molecule has 0 bridgehead atoms. The second-order valence-corrected chi connectivity index (χ2v) is 6.75. The maximum atomic E-state index is 10.9. The Morgan fingerprint density at radius 3 is 2.10 bits per heavy atom. The van der Waals surface area contributed by atoms with E-state index in [0.717, 1.165) is 23.1 Å². The molecule has 0 aliphatic heterocycles. The highest BCUT2D eigenvalue weighted by atomic mass is 16.5. The van der Waals surface area contributed by atoms with Gasteiger partial charge >= 0.3 is 0 Å². The number of benzene rings is 1. The monoisotopic (exact) mass is 274 g/mol. The van der Waals surface area contributed by atoms with Crippen LogP contribution >= 0.6 is 0 Å². The molecule has 0 spiro atoms. The summed E-state index contributed by atoms with van der Waals surface area (Å²) in [5, 5.41) is 10.9. The van der Waals surface area contributed by atoms with E-state index in [1.165, 1.54) is 38.5 Å². The van der Waals surface area contributed by atoms with Crippen LogP contribution < -0.4 is 4.74 Å². The van der Waals surface area contributed by atoms with Crippen LogP contribution in [0.25, 0.3) is 0 Å². The van der Waals surface area contributed by atoms with Crippen molar-refractivity contribution >= 4 is 0 Å². The Labute approximate surface area is 122 Å². The molecule has 3 rings (SSSR count). The molecule has 0 aromatic heterocycles. The number of methoxy groups -OCH3 is 1. The van der Waals surface area contributed by atoms with Crippen molar-refractivity contribution in [1.82, 2.24) is 0 Å². The van der Waals surface area contributed by atoms with E-state index in [2.05, 4.69) is 6.92 Å². The molecule has 2 aliphatic rings. The Hall–Kier alpha value is -1.02. The maximum Gasteiger partial charge on any atom is 0.118 e. The van der Waals surface area contributed by atoms with E-state index in [1.54, 1.807) is 7.11 Å². The molecule has 0 radical (unpaired) electrons. The van der Waals surface area contributed by atoms with Gasteiger partial charge in [-0.15, -0.1) is 0 Å². The Kier molecular flexibility index (Phi) is 3.76. The van der Waals surface area contributed by atoms with Gasteiger partial charge in [-0.1, -0.05) is 44.7 Å². The summed E-state index contributed by atoms with van der Waals surface area (Å²) in [6.07, 6.45) is 7.69. The van der Waals surface area contributed by atoms with E-state index >= 15 is 0 Å². The van der Waals surface area contributed by atoms with Crippen molar-refractivity contribution in [3.63, 3.8) is 0 Å². The van der Waals surface area contributed by atoms with Gasteiger partial charge in [-0.3, -0.25) is 0 Å². The number of hydrogen-bond acceptors (Lipinski definition) is 2. The van der Waals surface area contributed by atoms with Crippen LogP contribution in [0.1, 0.15) is 57.1 Å². The number of hydrogen-bond donors (Lipinski definition) is 1. The van der Waals surface area contributed by atoms with Crippen molar-refractivity contribution in [2.45, 2.75) is 51.6 Å². The van der Waals surface area contributed by atoms with Gasteiger partial charge in [0.2, 0.25) is 0 Å². The van der Waals surface area contributed by atoms with E-state index in [0.29, 0.717) is 0 Å². The normalized spacial score (nSPS) is 34.5. The molecule has 0 saturated heterocycles. The molecule has 2 saturated carbocycles. The summed E-state index contributed by atoms with van der Waals surface area (Å²) in [5.41, 5.74) is 1.14. The van der Waals surface area contributed by atoms with Gasteiger partial charge in [0.15, 0.2) is 0 Å². The first kappa shape index (κ1) is 13.9. The van der Waals surface area contributed by atoms with Crippen LogP contribution in [0.5, 0.6) is 5.75 Å². The third-order valence-corrected chi connectivity index (χ3v) is 5.78. The highest BCUT2D eigenvalue weighted by Gasteiger charge is 2.63. The van der Waals surface area contributed by atoms with Gasteiger partial charge in [0.1, 0.15) is 5.75 Å². The van der Waals surface area contributed by atoms with E-state index in [1.807, 2.05) is 24.3 Å². The molecule has 0 heterocycles. The van der Waals surface area contributed by atoms with Crippen LogP contribution in [0.4, 0.5) is 0 Å². The largest absolute Gasteiger partial charge is 0.497 e. The second-order valence-electron chi connectivity index (χ2n) is 6.75. The van der Waals surface area contributed by atoms with Gasteiger partial charge in [-0.05, 0) is 42.4 Å². The van der Waals surface area contributed by atoms with Gasteiger partial charge in [0.25, 0.3) is 0 Å². The van der Waals surface area contributed by atoms with Gasteiger partial charge < -0.3 is 9.84 Å². The lowest BCUT2D eigenvalue weighted by atomic mass is 9.89. The van der Waals surface area contributed by atoms with Gasteiger partial charge in [0, 0.05) is 5.41 Å². The molecule has 2 nitrogen and oxygen atoms in total. The lowest BCUT2D eigenvalue weighted by Gasteiger charge is -2.21. The van der Waals surface area contributed by atoms with E-state index < -0.39 is 0 Å². The molecule has 2 fully saturated rings. The van der Waals surface area contributed by atoms with Crippen LogP contribution in [-0.4, -0.2) is 12.2 Å². The van der Waals surface area contributed by atoms with Crippen LogP contribution in [0.15, 0.2) is 24.3 Å². The Bertz CT molecular complexity index is 437. The van der Waals surface area contributed by atoms with Crippen molar-refractivity contribution in [3.05, 3.63) is 29.8 Å². The molecule has 110 valence electrons. The number of ether oxygens (including phenoxy) is 1. The lowest BCUT2D eigenvalue weighted by molar-refractivity contribution is 0.0844. The summed E-state index contributed by atoms with van der Waals surface area (Å²) in [6.45, 7) is 2.29. The summed E-state index contributed by atoms with van der Waals surface area (Å²) in [7, 11) is 1.68. The van der Waals surface area contributed by atoms with E-state index in [-0.39, 0.29) is 11.5 Å². The van der Waals surface area contributed by atoms with Gasteiger partial charge in [-0.2, -0.15) is 0 Å². The third-order valence-electron chi connectivity index (χ3n) is 5.78. The smallest absolute Gasteiger partial charge is 0.118 e. The molecule has 20 heavy (non-hydrogen) atoms. The number of fused-ring (bicyclic) bond motifs is 1. The Morgan fingerprint density at radius 1 is 1.05 bits per heavy atom. The van der Waals surface area contributed by atoms with Crippen molar-refractivity contribution in [3.8, 4) is 5.75 Å². The molecular weight excluding hydrogens is 248 g/mol. The van der Waals surface area contributed by atoms with Crippen molar-refractivity contribution < 1.29 is 9.84 Å². The minimum absolute atomic E-state index is 0.0962. The summed E-state index contributed by atoms with van der Waals surface area (Å²) in [6, 6.07) is 7.93. The molecular formula is C18H26O2. The van der Waals surface area contributed by atoms with Crippen LogP contribution in [0.3, 0.4) is 0 Å². The van der Waals surface area contributed by atoms with Crippen molar-refractivity contribution in [1.29, 1.82) is 0 Å². The molecule has 2 heteroatoms. The van der Waals surface area contributed by atoms with Gasteiger partial charge in [0.05, 0.1) is 13.2 Å². The number of aliphatic hydroxyl groups is 1. The second kappa shape index (κ2) is 5.40. The summed E-state index contributed by atoms with van der Waals surface area (Å²) < 4.78 is 5.20. The summed E-state index contributed by atoms with van der Waals surface area (Å²) in [5.74, 6) is 2.30. The quantitative estimate of drug-likeness (QED) is 0.888. The predicted molar refractivity (Wildman–Crippen MR) is 80.7 cm³/mol. The maximum absolute atomic E-state index is 10.9. The molecule has 1 aromatic rings. The van der Waals surface area contributed by atoms with Crippen molar-refractivity contribution in [2.75, 3.05) is 7.11 Å². The Morgan fingerprint density at radius 2 is 1.60 bits per heavy atom. The highest BCUT2D eigenvalue weighted by molar-refractivity contribution is 5.31. The van der Waals surface area contributed by atoms with Crippen LogP contribution in [0, 0.1) is 17.3 Å². The zero-order valence-electron chi connectivity index (χ0n) is 12.6. The zero-order valence-corrected chi connectivity index (χ0v) is 12.6. The fourth-order valence-electron chi connectivity index (χ4n) is 4.38. The summed E-state index contributed by atoms with van der Waals surface area (Å²) >= 11 is 0. The predicted octanol–water partition coefficient (Wildman–Crippen LogP) is 4.34. The third kappa shape index (κ3) is 2.24. The highest BCUT2D eigenvalue weighted by Crippen LogP contribution is 2.69. The topological polar surface area (TPSA) is 29.5 Å². The molecule has 0 amide bonds. The fourth-order valence-corrected chi connectivity index (χ4v) is 4.38. The Balaban J connectivity index is 1.76. The van der Waals surface area contributed by atoms with E-state index in [9.17, 15) is 5.11 Å². The van der Waals surface area contributed by atoms with Gasteiger partial charge in [-0.25, -0.2) is 0 Å². The molecule has 1 N–H and O–H groups in total. The first-order valence-electron chi connectivity index (χ1n) is 8.00.